The number of carbonyl (C=O) groups excluding carboxylic acids is 3. The summed E-state index contributed by atoms with van der Waals surface area (Å²) < 4.78 is 36.0. The molecule has 0 aromatic heterocycles. The molecule has 0 bridgehead atoms. The van der Waals surface area contributed by atoms with Gasteiger partial charge in [-0.2, -0.15) is 8.78 Å². The lowest BCUT2D eigenvalue weighted by Crippen LogP contribution is -2.55. The predicted molar refractivity (Wildman–Crippen MR) is 126 cm³/mol. The quantitative estimate of drug-likeness (QED) is 0.482. The van der Waals surface area contributed by atoms with E-state index in [9.17, 15) is 23.2 Å². The Morgan fingerprint density at radius 3 is 2.57 bits per heavy atom. The number of primary amides is 1. The smallest absolute Gasteiger partial charge is 0.387 e. The molecule has 1 aromatic carbocycles. The molecule has 1 heterocycles. The number of anilines is 2. The number of hydrogen-bond acceptors (Lipinski definition) is 6. The van der Waals surface area contributed by atoms with Gasteiger partial charge < -0.3 is 25.4 Å². The van der Waals surface area contributed by atoms with Gasteiger partial charge >= 0.3 is 6.61 Å². The Morgan fingerprint density at radius 1 is 1.31 bits per heavy atom. The van der Waals surface area contributed by atoms with Crippen molar-refractivity contribution in [3.05, 3.63) is 18.2 Å². The van der Waals surface area contributed by atoms with Crippen LogP contribution < -0.4 is 20.7 Å². The second kappa shape index (κ2) is 11.3. The Kier molecular flexibility index (Phi) is 8.65. The molecule has 1 aromatic rings. The molecule has 194 valence electrons. The summed E-state index contributed by atoms with van der Waals surface area (Å²) in [6.45, 7) is 4.19. The monoisotopic (exact) mass is 496 g/mol. The van der Waals surface area contributed by atoms with Gasteiger partial charge in [-0.1, -0.05) is 27.2 Å². The fourth-order valence-corrected chi connectivity index (χ4v) is 4.34. The van der Waals surface area contributed by atoms with E-state index in [1.165, 1.54) is 23.1 Å². The summed E-state index contributed by atoms with van der Waals surface area (Å²) in [5, 5.41) is 2.62. The van der Waals surface area contributed by atoms with Gasteiger partial charge in [0, 0.05) is 31.4 Å². The molecule has 1 saturated heterocycles. The highest BCUT2D eigenvalue weighted by Gasteiger charge is 2.36. The Hall–Kier alpha value is -2.79. The summed E-state index contributed by atoms with van der Waals surface area (Å²) in [6.07, 6.45) is 3.18. The first kappa shape index (κ1) is 26.8. The summed E-state index contributed by atoms with van der Waals surface area (Å²) in [6, 6.07) is 2.86. The zero-order valence-corrected chi connectivity index (χ0v) is 20.4. The Bertz CT molecular complexity index is 933. The second-order valence-electron chi connectivity index (χ2n) is 10.2. The summed E-state index contributed by atoms with van der Waals surface area (Å²) in [4.78, 5) is 40.9. The van der Waals surface area contributed by atoms with Crippen LogP contribution in [-0.4, -0.2) is 68.1 Å². The van der Waals surface area contributed by atoms with E-state index in [0.29, 0.717) is 19.0 Å². The standard InChI is InChI=1S/C24H34F2N4O5/c1-24(2,3)14-29(12-15-5-4-6-15)20(21(27)32)22(33)28-16-7-8-17(18(11-16)35-23(25)26)30-9-10-34-13-19(30)31/h7-8,11,15,20,23H,4-6,9-10,12-14H2,1-3H3,(H2,27,32)(H,28,33)/t20-/m0/s1. The fraction of sp³-hybridized carbons (Fsp3) is 0.625. The fourth-order valence-electron chi connectivity index (χ4n) is 4.34. The molecule has 1 saturated carbocycles. The van der Waals surface area contributed by atoms with Crippen LogP contribution in [0.5, 0.6) is 5.75 Å². The molecule has 1 aliphatic carbocycles. The zero-order valence-electron chi connectivity index (χ0n) is 20.4. The minimum Gasteiger partial charge on any atom is -0.433 e. The normalized spacial score (nSPS) is 17.9. The molecule has 3 rings (SSSR count). The second-order valence-corrected chi connectivity index (χ2v) is 10.2. The van der Waals surface area contributed by atoms with Crippen LogP contribution in [0.1, 0.15) is 40.0 Å². The molecule has 3 N–H and O–H groups in total. The van der Waals surface area contributed by atoms with Crippen LogP contribution in [0.2, 0.25) is 0 Å². The van der Waals surface area contributed by atoms with Crippen molar-refractivity contribution in [2.75, 3.05) is 43.1 Å². The van der Waals surface area contributed by atoms with Crippen LogP contribution in [0.25, 0.3) is 0 Å². The number of carbonyl (C=O) groups is 3. The summed E-state index contributed by atoms with van der Waals surface area (Å²) >= 11 is 0. The van der Waals surface area contributed by atoms with E-state index in [2.05, 4.69) is 10.1 Å². The molecular formula is C24H34F2N4O5. The van der Waals surface area contributed by atoms with Crippen LogP contribution in [0.4, 0.5) is 20.2 Å². The van der Waals surface area contributed by atoms with Crippen molar-refractivity contribution in [2.24, 2.45) is 17.1 Å². The van der Waals surface area contributed by atoms with Gasteiger partial charge in [-0.15, -0.1) is 0 Å². The maximum Gasteiger partial charge on any atom is 0.387 e. The molecule has 0 radical (unpaired) electrons. The van der Waals surface area contributed by atoms with Gasteiger partial charge in [0.25, 0.3) is 11.8 Å². The molecule has 0 unspecified atom stereocenters. The Balaban J connectivity index is 1.84. The number of amides is 3. The number of nitrogens with zero attached hydrogens (tertiary/aromatic N) is 2. The predicted octanol–water partition coefficient (Wildman–Crippen LogP) is 2.59. The SMILES string of the molecule is CC(C)(C)CN(CC1CCC1)[C@@H](C(N)=O)C(=O)Nc1ccc(N2CCOCC2=O)c(OC(F)F)c1. The number of rotatable bonds is 10. The van der Waals surface area contributed by atoms with E-state index in [4.69, 9.17) is 10.5 Å². The van der Waals surface area contributed by atoms with Crippen LogP contribution in [0.3, 0.4) is 0 Å². The van der Waals surface area contributed by atoms with Gasteiger partial charge in [0.1, 0.15) is 6.61 Å². The third-order valence-corrected chi connectivity index (χ3v) is 6.00. The van der Waals surface area contributed by atoms with Crippen molar-refractivity contribution in [3.63, 3.8) is 0 Å². The molecule has 11 heteroatoms. The van der Waals surface area contributed by atoms with E-state index in [1.54, 1.807) is 4.90 Å². The molecular weight excluding hydrogens is 462 g/mol. The van der Waals surface area contributed by atoms with Gasteiger partial charge in [-0.25, -0.2) is 0 Å². The van der Waals surface area contributed by atoms with Crippen LogP contribution >= 0.6 is 0 Å². The van der Waals surface area contributed by atoms with Gasteiger partial charge in [-0.05, 0) is 36.3 Å². The molecule has 9 nitrogen and oxygen atoms in total. The van der Waals surface area contributed by atoms with Gasteiger partial charge in [0.2, 0.25) is 5.91 Å². The van der Waals surface area contributed by atoms with E-state index in [-0.39, 0.29) is 42.3 Å². The lowest BCUT2D eigenvalue weighted by atomic mass is 9.84. The molecule has 2 fully saturated rings. The van der Waals surface area contributed by atoms with Crippen LogP contribution in [0, 0.1) is 11.3 Å². The average Bonchev–Trinajstić information content (AvgIpc) is 2.70. The van der Waals surface area contributed by atoms with Crippen molar-refractivity contribution < 1.29 is 32.6 Å². The van der Waals surface area contributed by atoms with Gasteiger partial charge in [0.05, 0.1) is 12.3 Å². The topological polar surface area (TPSA) is 114 Å². The number of hydrogen-bond donors (Lipinski definition) is 2. The molecule has 1 atom stereocenters. The van der Waals surface area contributed by atoms with Gasteiger partial charge in [0.15, 0.2) is 11.8 Å². The molecule has 3 amide bonds. The first-order chi connectivity index (χ1) is 16.4. The summed E-state index contributed by atoms with van der Waals surface area (Å²) in [5.41, 5.74) is 5.75. The number of morpholine rings is 1. The maximum atomic E-state index is 13.2. The molecule has 2 aliphatic rings. The van der Waals surface area contributed by atoms with Crippen molar-refractivity contribution in [1.82, 2.24) is 4.90 Å². The number of halogens is 2. The van der Waals surface area contributed by atoms with E-state index < -0.39 is 30.4 Å². The minimum atomic E-state index is -3.14. The average molecular weight is 497 g/mol. The van der Waals surface area contributed by atoms with E-state index in [1.807, 2.05) is 20.8 Å². The third-order valence-electron chi connectivity index (χ3n) is 6.00. The van der Waals surface area contributed by atoms with Crippen LogP contribution in [0.15, 0.2) is 18.2 Å². The lowest BCUT2D eigenvalue weighted by molar-refractivity contribution is -0.133. The van der Waals surface area contributed by atoms with Crippen molar-refractivity contribution >= 4 is 29.1 Å². The van der Waals surface area contributed by atoms with E-state index >= 15 is 0 Å². The van der Waals surface area contributed by atoms with Crippen molar-refractivity contribution in [1.29, 1.82) is 0 Å². The minimum absolute atomic E-state index is 0.140. The first-order valence-electron chi connectivity index (χ1n) is 11.8. The highest BCUT2D eigenvalue weighted by Crippen LogP contribution is 2.34. The molecule has 35 heavy (non-hydrogen) atoms. The van der Waals surface area contributed by atoms with Gasteiger partial charge in [-0.3, -0.25) is 19.3 Å². The maximum absolute atomic E-state index is 13.2. The van der Waals surface area contributed by atoms with Crippen molar-refractivity contribution in [3.8, 4) is 5.75 Å². The Labute approximate surface area is 203 Å². The third kappa shape index (κ3) is 7.35. The summed E-state index contributed by atoms with van der Waals surface area (Å²) in [7, 11) is 0. The highest BCUT2D eigenvalue weighted by atomic mass is 19.3. The first-order valence-corrected chi connectivity index (χ1v) is 11.8. The van der Waals surface area contributed by atoms with E-state index in [0.717, 1.165) is 19.3 Å². The summed E-state index contributed by atoms with van der Waals surface area (Å²) in [5.74, 6) is -1.72. The number of benzene rings is 1. The Morgan fingerprint density at radius 2 is 2.03 bits per heavy atom. The van der Waals surface area contributed by atoms with Crippen LogP contribution in [-0.2, 0) is 19.1 Å². The highest BCUT2D eigenvalue weighted by molar-refractivity contribution is 6.09. The van der Waals surface area contributed by atoms with Crippen molar-refractivity contribution in [2.45, 2.75) is 52.7 Å². The number of ether oxygens (including phenoxy) is 2. The largest absolute Gasteiger partial charge is 0.433 e. The molecule has 1 aliphatic heterocycles. The number of nitrogens with one attached hydrogen (secondary N) is 1. The lowest BCUT2D eigenvalue weighted by Gasteiger charge is -2.38. The molecule has 0 spiro atoms. The number of nitrogens with two attached hydrogens (primary N) is 1. The number of alkyl halides is 2. The zero-order chi connectivity index (χ0) is 25.8.